The summed E-state index contributed by atoms with van der Waals surface area (Å²) in [5, 5.41) is 0.0738. The van der Waals surface area contributed by atoms with Crippen molar-refractivity contribution < 1.29 is 13.9 Å². The van der Waals surface area contributed by atoms with Crippen LogP contribution in [0.5, 0.6) is 11.5 Å². The molecular formula is C19H17ClFN3O2S. The van der Waals surface area contributed by atoms with E-state index in [1.165, 1.54) is 24.3 Å². The molecular weight excluding hydrogens is 389 g/mol. The van der Waals surface area contributed by atoms with Crippen molar-refractivity contribution in [2.75, 3.05) is 18.5 Å². The van der Waals surface area contributed by atoms with Gasteiger partial charge in [-0.2, -0.15) is 0 Å². The molecule has 0 spiro atoms. The molecule has 0 aliphatic carbocycles. The molecule has 3 aromatic rings. The lowest BCUT2D eigenvalue weighted by Crippen LogP contribution is -2.16. The van der Waals surface area contributed by atoms with Crippen LogP contribution in [0.1, 0.15) is 5.56 Å². The molecule has 1 aromatic heterocycles. The lowest BCUT2D eigenvalue weighted by atomic mass is 10.2. The molecule has 2 aromatic carbocycles. The molecule has 0 atom stereocenters. The van der Waals surface area contributed by atoms with Gasteiger partial charge in [0, 0.05) is 22.7 Å². The predicted molar refractivity (Wildman–Crippen MR) is 105 cm³/mol. The molecule has 0 bridgehead atoms. The Kier molecular flexibility index (Phi) is 6.36. The van der Waals surface area contributed by atoms with E-state index in [0.29, 0.717) is 23.9 Å². The quantitative estimate of drug-likeness (QED) is 0.515. The number of hydrogen-bond donors (Lipinski definition) is 0. The second kappa shape index (κ2) is 8.92. The number of aromatic nitrogens is 2. The van der Waals surface area contributed by atoms with Gasteiger partial charge in [0.15, 0.2) is 0 Å². The van der Waals surface area contributed by atoms with Gasteiger partial charge < -0.3 is 9.47 Å². The van der Waals surface area contributed by atoms with Crippen molar-refractivity contribution in [3.8, 4) is 11.5 Å². The Balaban J connectivity index is 1.92. The number of methoxy groups -OCH3 is 2. The van der Waals surface area contributed by atoms with Crippen molar-refractivity contribution in [3.05, 3.63) is 71.4 Å². The van der Waals surface area contributed by atoms with E-state index in [2.05, 4.69) is 9.97 Å². The Hall–Kier alpha value is -2.51. The Labute approximate surface area is 166 Å². The lowest BCUT2D eigenvalue weighted by Gasteiger charge is -2.23. The molecule has 0 amide bonds. The average molecular weight is 406 g/mol. The highest BCUT2D eigenvalue weighted by atomic mass is 35.5. The maximum Gasteiger partial charge on any atom is 0.142 e. The van der Waals surface area contributed by atoms with E-state index in [1.807, 2.05) is 22.5 Å². The van der Waals surface area contributed by atoms with E-state index in [4.69, 9.17) is 21.1 Å². The Bertz CT molecular complexity index is 915. The second-order valence-corrected chi connectivity index (χ2v) is 6.95. The first kappa shape index (κ1) is 19.3. The zero-order valence-electron chi connectivity index (χ0n) is 14.7. The van der Waals surface area contributed by atoms with Crippen molar-refractivity contribution in [2.24, 2.45) is 0 Å². The number of benzene rings is 2. The summed E-state index contributed by atoms with van der Waals surface area (Å²) >= 11 is 7.31. The second-order valence-electron chi connectivity index (χ2n) is 5.45. The first-order valence-electron chi connectivity index (χ1n) is 7.98. The Morgan fingerprint density at radius 3 is 2.63 bits per heavy atom. The minimum absolute atomic E-state index is 0.0738. The molecule has 0 radical (unpaired) electrons. The Morgan fingerprint density at radius 1 is 1.11 bits per heavy atom. The van der Waals surface area contributed by atoms with Crippen molar-refractivity contribution in [2.45, 2.75) is 11.4 Å². The van der Waals surface area contributed by atoms with Crippen molar-refractivity contribution in [1.82, 2.24) is 9.97 Å². The molecule has 0 aliphatic heterocycles. The summed E-state index contributed by atoms with van der Waals surface area (Å²) in [6, 6.07) is 12.0. The number of ether oxygens (including phenoxy) is 2. The first-order chi connectivity index (χ1) is 13.1. The molecule has 27 heavy (non-hydrogen) atoms. The third kappa shape index (κ3) is 4.81. The first-order valence-corrected chi connectivity index (χ1v) is 9.13. The van der Waals surface area contributed by atoms with Gasteiger partial charge in [-0.05, 0) is 48.3 Å². The third-order valence-electron chi connectivity index (χ3n) is 3.74. The van der Waals surface area contributed by atoms with E-state index in [9.17, 15) is 4.39 Å². The van der Waals surface area contributed by atoms with Crippen LogP contribution in [0.2, 0.25) is 5.02 Å². The standard InChI is InChI=1S/C19H17ClFN3O2S/c1-25-14-4-3-13(18(9-14)26-2)11-24(19-7-8-22-12-23-19)27-15-5-6-17(21)16(20)10-15/h3-10,12H,11H2,1-2H3. The normalized spacial score (nSPS) is 10.5. The van der Waals surface area contributed by atoms with Crippen LogP contribution in [0.25, 0.3) is 0 Å². The fourth-order valence-electron chi connectivity index (χ4n) is 2.39. The molecule has 1 heterocycles. The third-order valence-corrected chi connectivity index (χ3v) is 5.03. The molecule has 140 valence electrons. The van der Waals surface area contributed by atoms with E-state index in [-0.39, 0.29) is 5.02 Å². The van der Waals surface area contributed by atoms with Crippen molar-refractivity contribution in [1.29, 1.82) is 0 Å². The summed E-state index contributed by atoms with van der Waals surface area (Å²) < 4.78 is 26.2. The summed E-state index contributed by atoms with van der Waals surface area (Å²) in [5.41, 5.74) is 0.942. The van der Waals surface area contributed by atoms with Crippen LogP contribution < -0.4 is 13.8 Å². The number of rotatable bonds is 7. The van der Waals surface area contributed by atoms with Gasteiger partial charge in [0.2, 0.25) is 0 Å². The highest BCUT2D eigenvalue weighted by Crippen LogP contribution is 2.34. The average Bonchev–Trinajstić information content (AvgIpc) is 2.71. The smallest absolute Gasteiger partial charge is 0.142 e. The van der Waals surface area contributed by atoms with Crippen LogP contribution >= 0.6 is 23.5 Å². The van der Waals surface area contributed by atoms with Crippen LogP contribution in [0.15, 0.2) is 59.9 Å². The van der Waals surface area contributed by atoms with E-state index >= 15 is 0 Å². The van der Waals surface area contributed by atoms with Crippen LogP contribution in [-0.4, -0.2) is 24.2 Å². The predicted octanol–water partition coefficient (Wildman–Crippen LogP) is 5.00. The van der Waals surface area contributed by atoms with E-state index in [1.54, 1.807) is 38.6 Å². The van der Waals surface area contributed by atoms with Gasteiger partial charge in [-0.3, -0.25) is 4.31 Å². The molecule has 0 aliphatic rings. The van der Waals surface area contributed by atoms with Crippen LogP contribution in [0.3, 0.4) is 0 Å². The van der Waals surface area contributed by atoms with Crippen molar-refractivity contribution >= 4 is 29.4 Å². The van der Waals surface area contributed by atoms with Gasteiger partial charge >= 0.3 is 0 Å². The summed E-state index contributed by atoms with van der Waals surface area (Å²) in [6.07, 6.45) is 3.14. The van der Waals surface area contributed by atoms with E-state index < -0.39 is 5.82 Å². The molecule has 0 unspecified atom stereocenters. The highest BCUT2D eigenvalue weighted by molar-refractivity contribution is 8.00. The molecule has 8 heteroatoms. The van der Waals surface area contributed by atoms with Gasteiger partial charge in [0.05, 0.1) is 25.8 Å². The van der Waals surface area contributed by atoms with Crippen LogP contribution in [0.4, 0.5) is 10.2 Å². The fourth-order valence-corrected chi connectivity index (χ4v) is 3.59. The van der Waals surface area contributed by atoms with E-state index in [0.717, 1.165) is 10.5 Å². The monoisotopic (exact) mass is 405 g/mol. The highest BCUT2D eigenvalue weighted by Gasteiger charge is 2.15. The fraction of sp³-hybridized carbons (Fsp3) is 0.158. The summed E-state index contributed by atoms with van der Waals surface area (Å²) in [6.45, 7) is 0.490. The molecule has 0 N–H and O–H groups in total. The summed E-state index contributed by atoms with van der Waals surface area (Å²) in [4.78, 5) is 9.07. The molecule has 0 saturated carbocycles. The number of halogens is 2. The van der Waals surface area contributed by atoms with Crippen LogP contribution in [0, 0.1) is 5.82 Å². The minimum Gasteiger partial charge on any atom is -0.497 e. The molecule has 5 nitrogen and oxygen atoms in total. The maximum atomic E-state index is 13.5. The maximum absolute atomic E-state index is 13.5. The number of nitrogens with zero attached hydrogens (tertiary/aromatic N) is 3. The van der Waals surface area contributed by atoms with Gasteiger partial charge in [0.1, 0.15) is 29.5 Å². The summed E-state index contributed by atoms with van der Waals surface area (Å²) in [5.74, 6) is 1.66. The molecule has 0 saturated heterocycles. The van der Waals surface area contributed by atoms with Crippen LogP contribution in [-0.2, 0) is 6.54 Å². The van der Waals surface area contributed by atoms with Gasteiger partial charge in [-0.25, -0.2) is 14.4 Å². The lowest BCUT2D eigenvalue weighted by molar-refractivity contribution is 0.391. The topological polar surface area (TPSA) is 47.5 Å². The van der Waals surface area contributed by atoms with Gasteiger partial charge in [-0.1, -0.05) is 11.6 Å². The van der Waals surface area contributed by atoms with Gasteiger partial charge in [-0.15, -0.1) is 0 Å². The SMILES string of the molecule is COc1ccc(CN(Sc2ccc(F)c(Cl)c2)c2ccncn2)c(OC)c1. The minimum atomic E-state index is -0.452. The zero-order valence-corrected chi connectivity index (χ0v) is 16.3. The molecule has 0 fully saturated rings. The number of hydrogen-bond acceptors (Lipinski definition) is 6. The van der Waals surface area contributed by atoms with Crippen molar-refractivity contribution in [3.63, 3.8) is 0 Å². The zero-order chi connectivity index (χ0) is 19.2. The Morgan fingerprint density at radius 2 is 1.96 bits per heavy atom. The number of anilines is 1. The largest absolute Gasteiger partial charge is 0.497 e. The molecule has 3 rings (SSSR count). The summed E-state index contributed by atoms with van der Waals surface area (Å²) in [7, 11) is 3.22. The van der Waals surface area contributed by atoms with Gasteiger partial charge in [0.25, 0.3) is 0 Å².